The highest BCUT2D eigenvalue weighted by atomic mass is 35.5. The summed E-state index contributed by atoms with van der Waals surface area (Å²) in [6.07, 6.45) is -3.33. The van der Waals surface area contributed by atoms with Gasteiger partial charge in [0.1, 0.15) is 11.6 Å². The number of carbonyl (C=O) groups is 1. The molecule has 0 spiro atoms. The van der Waals surface area contributed by atoms with Crippen LogP contribution >= 0.6 is 11.6 Å². The van der Waals surface area contributed by atoms with E-state index in [4.69, 9.17) is 21.1 Å². The van der Waals surface area contributed by atoms with Gasteiger partial charge in [-0.2, -0.15) is 18.4 Å². The van der Waals surface area contributed by atoms with Crippen LogP contribution in [0.1, 0.15) is 18.1 Å². The van der Waals surface area contributed by atoms with E-state index in [9.17, 15) is 23.2 Å². The van der Waals surface area contributed by atoms with Gasteiger partial charge in [0, 0.05) is 0 Å². The van der Waals surface area contributed by atoms with Crippen LogP contribution in [0.3, 0.4) is 0 Å². The molecule has 2 rings (SSSR count). The van der Waals surface area contributed by atoms with E-state index in [1.165, 1.54) is 13.2 Å². The third-order valence-corrected chi connectivity index (χ3v) is 4.04. The average molecular weight is 425 g/mol. The molecule has 0 aliphatic rings. The summed E-state index contributed by atoms with van der Waals surface area (Å²) < 4.78 is 49.2. The quantitative estimate of drug-likeness (QED) is 0.503. The molecule has 0 saturated carbocycles. The van der Waals surface area contributed by atoms with Crippen LogP contribution in [0.2, 0.25) is 5.02 Å². The predicted octanol–water partition coefficient (Wildman–Crippen LogP) is 5.31. The second-order valence-electron chi connectivity index (χ2n) is 5.66. The number of benzene rings is 2. The molecule has 9 heteroatoms. The summed E-state index contributed by atoms with van der Waals surface area (Å²) in [4.78, 5) is 12.4. The Labute approximate surface area is 170 Å². The van der Waals surface area contributed by atoms with Gasteiger partial charge in [-0.05, 0) is 48.9 Å². The lowest BCUT2D eigenvalue weighted by atomic mass is 10.1. The molecule has 152 valence electrons. The number of amides is 1. The van der Waals surface area contributed by atoms with Crippen molar-refractivity contribution in [1.29, 1.82) is 5.26 Å². The number of nitriles is 1. The highest BCUT2D eigenvalue weighted by Crippen LogP contribution is 2.34. The number of ether oxygens (including phenoxy) is 2. The van der Waals surface area contributed by atoms with E-state index in [1.807, 2.05) is 6.92 Å². The van der Waals surface area contributed by atoms with E-state index >= 15 is 0 Å². The predicted molar refractivity (Wildman–Crippen MR) is 103 cm³/mol. The second-order valence-corrected chi connectivity index (χ2v) is 6.07. The Morgan fingerprint density at radius 2 is 1.97 bits per heavy atom. The molecular formula is C20H16ClF3N2O3. The SMILES string of the molecule is CCOc1ccc(/C=C(\C#N)C(=O)Nc2cc(C(F)(F)F)ccc2Cl)cc1OC. The molecule has 1 N–H and O–H groups in total. The smallest absolute Gasteiger partial charge is 0.416 e. The zero-order chi connectivity index (χ0) is 21.6. The standard InChI is InChI=1S/C20H16ClF3N2O3/c1-3-29-17-7-4-12(9-18(17)28-2)8-13(11-25)19(27)26-16-10-14(20(22,23)24)5-6-15(16)21/h4-10H,3H2,1-2H3,(H,26,27)/b13-8+. The maximum absolute atomic E-state index is 12.9. The Hall–Kier alpha value is -3.18. The minimum absolute atomic E-state index is 0.0913. The highest BCUT2D eigenvalue weighted by molar-refractivity contribution is 6.34. The molecule has 0 aliphatic heterocycles. The average Bonchev–Trinajstić information content (AvgIpc) is 2.67. The second kappa shape index (κ2) is 9.34. The number of anilines is 1. The van der Waals surface area contributed by atoms with Gasteiger partial charge in [0.25, 0.3) is 5.91 Å². The lowest BCUT2D eigenvalue weighted by Gasteiger charge is -2.12. The first-order chi connectivity index (χ1) is 13.7. The van der Waals surface area contributed by atoms with Gasteiger partial charge in [-0.15, -0.1) is 0 Å². The van der Waals surface area contributed by atoms with Crippen LogP contribution in [-0.2, 0) is 11.0 Å². The molecule has 0 unspecified atom stereocenters. The largest absolute Gasteiger partial charge is 0.493 e. The van der Waals surface area contributed by atoms with Gasteiger partial charge in [0.15, 0.2) is 11.5 Å². The first-order valence-electron chi connectivity index (χ1n) is 8.30. The van der Waals surface area contributed by atoms with Crippen LogP contribution in [0.15, 0.2) is 42.0 Å². The molecule has 29 heavy (non-hydrogen) atoms. The minimum atomic E-state index is -4.60. The van der Waals surface area contributed by atoms with E-state index in [1.54, 1.807) is 24.3 Å². The fraction of sp³-hybridized carbons (Fsp3) is 0.200. The lowest BCUT2D eigenvalue weighted by Crippen LogP contribution is -2.15. The third kappa shape index (κ3) is 5.65. The van der Waals surface area contributed by atoms with Crippen molar-refractivity contribution in [3.63, 3.8) is 0 Å². The summed E-state index contributed by atoms with van der Waals surface area (Å²) in [5, 5.41) is 11.5. The molecule has 0 aromatic heterocycles. The molecule has 0 heterocycles. The first kappa shape index (κ1) is 22.1. The van der Waals surface area contributed by atoms with Gasteiger partial charge >= 0.3 is 6.18 Å². The maximum Gasteiger partial charge on any atom is 0.416 e. The minimum Gasteiger partial charge on any atom is -0.493 e. The van der Waals surface area contributed by atoms with Crippen LogP contribution in [0, 0.1) is 11.3 Å². The van der Waals surface area contributed by atoms with Gasteiger partial charge in [0.05, 0.1) is 30.0 Å². The van der Waals surface area contributed by atoms with Crippen molar-refractivity contribution in [3.8, 4) is 17.6 Å². The number of nitrogens with zero attached hydrogens (tertiary/aromatic N) is 1. The molecule has 0 aliphatic carbocycles. The molecule has 0 fully saturated rings. The number of hydrogen-bond donors (Lipinski definition) is 1. The highest BCUT2D eigenvalue weighted by Gasteiger charge is 2.31. The number of methoxy groups -OCH3 is 1. The van der Waals surface area contributed by atoms with Gasteiger partial charge < -0.3 is 14.8 Å². The number of nitrogens with one attached hydrogen (secondary N) is 1. The number of alkyl halides is 3. The molecule has 0 radical (unpaired) electrons. The van der Waals surface area contributed by atoms with Gasteiger partial charge in [-0.3, -0.25) is 4.79 Å². The zero-order valence-corrected chi connectivity index (χ0v) is 16.2. The van der Waals surface area contributed by atoms with Crippen LogP contribution in [0.25, 0.3) is 6.08 Å². The topological polar surface area (TPSA) is 71.3 Å². The van der Waals surface area contributed by atoms with Crippen molar-refractivity contribution in [1.82, 2.24) is 0 Å². The Morgan fingerprint density at radius 1 is 1.24 bits per heavy atom. The van der Waals surface area contributed by atoms with Crippen LogP contribution in [0.5, 0.6) is 11.5 Å². The van der Waals surface area contributed by atoms with Crippen LogP contribution in [-0.4, -0.2) is 19.6 Å². The summed E-state index contributed by atoms with van der Waals surface area (Å²) in [7, 11) is 1.44. The van der Waals surface area contributed by atoms with Crippen molar-refractivity contribution in [2.45, 2.75) is 13.1 Å². The maximum atomic E-state index is 12.9. The molecule has 0 bridgehead atoms. The molecule has 1 amide bonds. The van der Waals surface area contributed by atoms with E-state index in [0.717, 1.165) is 12.1 Å². The fourth-order valence-corrected chi connectivity index (χ4v) is 2.52. The number of carbonyl (C=O) groups excluding carboxylic acids is 1. The summed E-state index contributed by atoms with van der Waals surface area (Å²) in [5.74, 6) is -0.00773. The van der Waals surface area contributed by atoms with Crippen molar-refractivity contribution in [3.05, 3.63) is 58.1 Å². The number of rotatable bonds is 6. The molecule has 5 nitrogen and oxygen atoms in total. The van der Waals surface area contributed by atoms with E-state index < -0.39 is 17.6 Å². The summed E-state index contributed by atoms with van der Waals surface area (Å²) in [6.45, 7) is 2.24. The Kier molecular flexibility index (Phi) is 7.13. The van der Waals surface area contributed by atoms with Gasteiger partial charge in [0.2, 0.25) is 0 Å². The van der Waals surface area contributed by atoms with Crippen molar-refractivity contribution >= 4 is 29.3 Å². The third-order valence-electron chi connectivity index (χ3n) is 3.71. The zero-order valence-electron chi connectivity index (χ0n) is 15.4. The Bertz CT molecular complexity index is 982. The number of halogens is 4. The van der Waals surface area contributed by atoms with E-state index in [2.05, 4.69) is 5.32 Å². The van der Waals surface area contributed by atoms with Crippen LogP contribution in [0.4, 0.5) is 18.9 Å². The molecule has 2 aromatic carbocycles. The normalized spacial score (nSPS) is 11.6. The van der Waals surface area contributed by atoms with Crippen LogP contribution < -0.4 is 14.8 Å². The molecular weight excluding hydrogens is 409 g/mol. The summed E-state index contributed by atoms with van der Waals surface area (Å²) in [5.41, 5.74) is -1.09. The van der Waals surface area contributed by atoms with E-state index in [0.29, 0.717) is 29.7 Å². The Balaban J connectivity index is 2.31. The van der Waals surface area contributed by atoms with E-state index in [-0.39, 0.29) is 16.3 Å². The molecule has 2 aromatic rings. The van der Waals surface area contributed by atoms with Crippen molar-refractivity contribution in [2.24, 2.45) is 0 Å². The van der Waals surface area contributed by atoms with Crippen molar-refractivity contribution in [2.75, 3.05) is 19.0 Å². The van der Waals surface area contributed by atoms with Crippen molar-refractivity contribution < 1.29 is 27.4 Å². The molecule has 0 saturated heterocycles. The summed E-state index contributed by atoms with van der Waals surface area (Å²) in [6, 6.07) is 9.03. The number of hydrogen-bond acceptors (Lipinski definition) is 4. The monoisotopic (exact) mass is 424 g/mol. The fourth-order valence-electron chi connectivity index (χ4n) is 2.35. The van der Waals surface area contributed by atoms with Gasteiger partial charge in [-0.25, -0.2) is 0 Å². The summed E-state index contributed by atoms with van der Waals surface area (Å²) >= 11 is 5.87. The molecule has 0 atom stereocenters. The first-order valence-corrected chi connectivity index (χ1v) is 8.68. The Morgan fingerprint density at radius 3 is 2.55 bits per heavy atom. The van der Waals surface area contributed by atoms with Gasteiger partial charge in [-0.1, -0.05) is 17.7 Å². The lowest BCUT2D eigenvalue weighted by molar-refractivity contribution is -0.137.